The van der Waals surface area contributed by atoms with Crippen LogP contribution in [0.5, 0.6) is 5.75 Å². The lowest BCUT2D eigenvalue weighted by atomic mass is 9.87. The number of piperidine rings is 1. The molecule has 42 heavy (non-hydrogen) atoms. The number of hydrogen-bond acceptors (Lipinski definition) is 6. The minimum Gasteiger partial charge on any atom is -0.485 e. The molecule has 9 nitrogen and oxygen atoms in total. The van der Waals surface area contributed by atoms with Crippen LogP contribution in [-0.4, -0.2) is 48.6 Å². The highest BCUT2D eigenvalue weighted by molar-refractivity contribution is 7.89. The number of aliphatic hydroxyl groups excluding tert-OH is 1. The first kappa shape index (κ1) is 29.9. The highest BCUT2D eigenvalue weighted by atomic mass is 35.5. The van der Waals surface area contributed by atoms with Gasteiger partial charge in [-0.3, -0.25) is 5.32 Å². The Balaban J connectivity index is 1.46. The lowest BCUT2D eigenvalue weighted by Gasteiger charge is -2.41. The molecule has 0 spiro atoms. The first-order valence-corrected chi connectivity index (χ1v) is 15.7. The lowest BCUT2D eigenvalue weighted by molar-refractivity contribution is -0.0568. The van der Waals surface area contributed by atoms with Crippen molar-refractivity contribution in [3.8, 4) is 11.9 Å². The molecular weight excluding hydrogens is 574 g/mol. The quantitative estimate of drug-likeness (QED) is 0.154. The number of guanidine groups is 1. The molecule has 3 atom stereocenters. The largest absolute Gasteiger partial charge is 0.485 e. The monoisotopic (exact) mass is 607 g/mol. The summed E-state index contributed by atoms with van der Waals surface area (Å²) in [5.41, 5.74) is 1.19. The van der Waals surface area contributed by atoms with Crippen molar-refractivity contribution in [3.63, 3.8) is 0 Å². The highest BCUT2D eigenvalue weighted by Crippen LogP contribution is 2.43. The first-order valence-electron chi connectivity index (χ1n) is 13.9. The maximum atomic E-state index is 13.9. The first-order chi connectivity index (χ1) is 20.1. The van der Waals surface area contributed by atoms with Crippen molar-refractivity contribution in [3.05, 3.63) is 88.9 Å². The number of fused-ring (bicyclic) bond motifs is 1. The fourth-order valence-electron chi connectivity index (χ4n) is 5.51. The highest BCUT2D eigenvalue weighted by Gasteiger charge is 2.44. The van der Waals surface area contributed by atoms with Gasteiger partial charge in [-0.05, 0) is 87.1 Å². The fraction of sp³-hybridized carbons (Fsp3) is 0.355. The molecule has 2 heterocycles. The van der Waals surface area contributed by atoms with Gasteiger partial charge in [-0.15, -0.1) is 0 Å². The van der Waals surface area contributed by atoms with E-state index in [1.54, 1.807) is 54.6 Å². The van der Waals surface area contributed by atoms with Gasteiger partial charge in [0, 0.05) is 29.4 Å². The second kappa shape index (κ2) is 12.3. The van der Waals surface area contributed by atoms with Crippen molar-refractivity contribution >= 4 is 33.3 Å². The van der Waals surface area contributed by atoms with Gasteiger partial charge in [-0.1, -0.05) is 41.9 Å². The molecule has 3 aromatic carbocycles. The van der Waals surface area contributed by atoms with Crippen LogP contribution >= 0.6 is 11.6 Å². The summed E-state index contributed by atoms with van der Waals surface area (Å²) in [7, 11) is -3.83. The molecule has 0 amide bonds. The summed E-state index contributed by atoms with van der Waals surface area (Å²) in [6.07, 6.45) is 3.29. The number of ether oxygens (including phenoxy) is 1. The van der Waals surface area contributed by atoms with Gasteiger partial charge in [0.25, 0.3) is 0 Å². The van der Waals surface area contributed by atoms with Crippen molar-refractivity contribution in [2.45, 2.75) is 55.8 Å². The Morgan fingerprint density at radius 2 is 1.90 bits per heavy atom. The van der Waals surface area contributed by atoms with Gasteiger partial charge < -0.3 is 15.2 Å². The van der Waals surface area contributed by atoms with E-state index in [2.05, 4.69) is 27.8 Å². The lowest BCUT2D eigenvalue weighted by Crippen LogP contribution is -2.49. The van der Waals surface area contributed by atoms with Crippen molar-refractivity contribution in [1.82, 2.24) is 9.62 Å². The van der Waals surface area contributed by atoms with Gasteiger partial charge in [0.2, 0.25) is 16.0 Å². The van der Waals surface area contributed by atoms with E-state index in [0.717, 1.165) is 19.3 Å². The number of aliphatic hydroxyl groups is 1. The number of aliphatic imine (C=N–C) groups is 1. The Morgan fingerprint density at radius 1 is 1.17 bits per heavy atom. The second-order valence-corrected chi connectivity index (χ2v) is 13.6. The Morgan fingerprint density at radius 3 is 2.62 bits per heavy atom. The number of sulfonamides is 1. The normalized spacial score (nSPS) is 22.4. The van der Waals surface area contributed by atoms with E-state index in [9.17, 15) is 18.8 Å². The van der Waals surface area contributed by atoms with Crippen molar-refractivity contribution in [1.29, 1.82) is 5.26 Å². The third kappa shape index (κ3) is 6.55. The number of benzene rings is 3. The fourth-order valence-corrected chi connectivity index (χ4v) is 7.23. The maximum absolute atomic E-state index is 13.9. The molecule has 1 fully saturated rings. The van der Waals surface area contributed by atoms with Crippen LogP contribution in [0.25, 0.3) is 0 Å². The zero-order valence-corrected chi connectivity index (χ0v) is 25.1. The molecule has 2 aliphatic heterocycles. The molecule has 3 N–H and O–H groups in total. The SMILES string of the molecule is CC1(C)Oc2ccc(S(=O)(=O)N3CCCC(Cc4ccccc4)C3)cc2[C@@H](/N=C(/NC#N)Nc2ccc(Cl)cc2)[C@@H]1O. The van der Waals surface area contributed by atoms with Crippen molar-refractivity contribution < 1.29 is 18.3 Å². The molecular formula is C31H34ClN5O4S. The number of nitriles is 1. The van der Waals surface area contributed by atoms with Gasteiger partial charge >= 0.3 is 0 Å². The zero-order valence-electron chi connectivity index (χ0n) is 23.5. The standard InChI is InChI=1S/C31H34ClN5O4S/c1-31(2)29(38)28(36-30(34-20-33)35-24-12-10-23(32)11-13-24)26-18-25(14-15-27(26)41-31)42(39,40)37-16-6-9-22(19-37)17-21-7-4-3-5-8-21/h3-5,7-8,10-15,18,22,28-29,38H,6,9,16-17,19H2,1-2H3,(H2,34,35,36)/t22?,28-,29+/m1/s1. The van der Waals surface area contributed by atoms with E-state index in [4.69, 9.17) is 16.3 Å². The number of nitrogens with one attached hydrogen (secondary N) is 2. The molecule has 220 valence electrons. The van der Waals surface area contributed by atoms with E-state index in [1.807, 2.05) is 24.4 Å². The molecule has 0 aliphatic carbocycles. The van der Waals surface area contributed by atoms with E-state index in [0.29, 0.717) is 35.1 Å². The van der Waals surface area contributed by atoms with Crippen molar-refractivity contribution in [2.24, 2.45) is 10.9 Å². The minimum absolute atomic E-state index is 0.0839. The van der Waals surface area contributed by atoms with Crippen LogP contribution in [0, 0.1) is 17.4 Å². The Bertz CT molecular complexity index is 1590. The summed E-state index contributed by atoms with van der Waals surface area (Å²) in [6.45, 7) is 4.35. The Labute approximate surface area is 251 Å². The van der Waals surface area contributed by atoms with Crippen molar-refractivity contribution in [2.75, 3.05) is 18.4 Å². The second-order valence-electron chi connectivity index (χ2n) is 11.2. The summed E-state index contributed by atoms with van der Waals surface area (Å²) >= 11 is 6.00. The van der Waals surface area contributed by atoms with Crippen LogP contribution < -0.4 is 15.4 Å². The van der Waals surface area contributed by atoms with E-state index >= 15 is 0 Å². The zero-order chi connectivity index (χ0) is 29.9. The Hall–Kier alpha value is -3.62. The van der Waals surface area contributed by atoms with Gasteiger partial charge in [0.1, 0.15) is 23.5 Å². The third-order valence-electron chi connectivity index (χ3n) is 7.72. The molecule has 0 aromatic heterocycles. The van der Waals surface area contributed by atoms with Crippen LogP contribution in [0.4, 0.5) is 5.69 Å². The number of anilines is 1. The number of halogens is 1. The predicted molar refractivity (Wildman–Crippen MR) is 163 cm³/mol. The minimum atomic E-state index is -3.83. The van der Waals surface area contributed by atoms with Gasteiger partial charge in [0.05, 0.1) is 4.90 Å². The van der Waals surface area contributed by atoms with Gasteiger partial charge in [-0.2, -0.15) is 9.57 Å². The topological polar surface area (TPSA) is 127 Å². The summed E-state index contributed by atoms with van der Waals surface area (Å²) < 4.78 is 35.4. The summed E-state index contributed by atoms with van der Waals surface area (Å²) in [5, 5.41) is 26.8. The average molecular weight is 608 g/mol. The van der Waals surface area contributed by atoms with E-state index in [-0.39, 0.29) is 16.8 Å². The summed E-state index contributed by atoms with van der Waals surface area (Å²) in [5.74, 6) is 0.720. The molecule has 0 radical (unpaired) electrons. The Kier molecular flexibility index (Phi) is 8.76. The van der Waals surface area contributed by atoms with Crippen LogP contribution in [0.3, 0.4) is 0 Å². The van der Waals surface area contributed by atoms with Crippen LogP contribution in [-0.2, 0) is 16.4 Å². The van der Waals surface area contributed by atoms with Gasteiger partial charge in [-0.25, -0.2) is 13.4 Å². The molecule has 11 heteroatoms. The number of hydrogen-bond donors (Lipinski definition) is 3. The van der Waals surface area contributed by atoms with Gasteiger partial charge in [0.15, 0.2) is 6.19 Å². The number of nitrogens with zero attached hydrogens (tertiary/aromatic N) is 3. The molecule has 0 saturated carbocycles. The van der Waals surface area contributed by atoms with Crippen LogP contribution in [0.1, 0.15) is 43.9 Å². The van der Waals surface area contributed by atoms with Crippen LogP contribution in [0.15, 0.2) is 82.7 Å². The maximum Gasteiger partial charge on any atom is 0.243 e. The molecule has 0 bridgehead atoms. The van der Waals surface area contributed by atoms with E-state index in [1.165, 1.54) is 11.6 Å². The third-order valence-corrected chi connectivity index (χ3v) is 9.83. The van der Waals surface area contributed by atoms with Crippen LogP contribution in [0.2, 0.25) is 5.02 Å². The average Bonchev–Trinajstić information content (AvgIpc) is 2.97. The van der Waals surface area contributed by atoms with E-state index < -0.39 is 27.8 Å². The molecule has 2 aliphatic rings. The smallest absolute Gasteiger partial charge is 0.243 e. The molecule has 1 saturated heterocycles. The number of rotatable bonds is 6. The summed E-state index contributed by atoms with van der Waals surface area (Å²) in [6, 6.07) is 20.7. The molecule has 1 unspecified atom stereocenters. The molecule has 3 aromatic rings. The summed E-state index contributed by atoms with van der Waals surface area (Å²) in [4.78, 5) is 4.77. The predicted octanol–water partition coefficient (Wildman–Crippen LogP) is 5.10. The molecule has 5 rings (SSSR count).